The van der Waals surface area contributed by atoms with E-state index >= 15 is 0 Å². The first-order chi connectivity index (χ1) is 13.2. The molecule has 1 atom stereocenters. The second-order valence-corrected chi connectivity index (χ2v) is 6.29. The van der Waals surface area contributed by atoms with Crippen LogP contribution < -0.4 is 14.8 Å². The number of amides is 2. The van der Waals surface area contributed by atoms with Crippen molar-refractivity contribution in [2.75, 3.05) is 21.3 Å². The molecular formula is C20H24ClF3N2O3. The fourth-order valence-corrected chi connectivity index (χ4v) is 2.81. The molecule has 0 saturated carbocycles. The van der Waals surface area contributed by atoms with Crippen LogP contribution >= 0.6 is 12.4 Å². The number of hydrogen-bond donors (Lipinski definition) is 1. The first-order valence-corrected chi connectivity index (χ1v) is 8.56. The normalized spacial score (nSPS) is 11.8. The number of hydrogen-bond acceptors (Lipinski definition) is 3. The van der Waals surface area contributed by atoms with Gasteiger partial charge in [-0.3, -0.25) is 0 Å². The average Bonchev–Trinajstić information content (AvgIpc) is 2.66. The summed E-state index contributed by atoms with van der Waals surface area (Å²) in [4.78, 5) is 13.7. The zero-order valence-corrected chi connectivity index (χ0v) is 17.4. The third-order valence-electron chi connectivity index (χ3n) is 4.32. The molecule has 9 heteroatoms. The minimum Gasteiger partial charge on any atom is -0.497 e. The monoisotopic (exact) mass is 432 g/mol. The number of halogens is 4. The van der Waals surface area contributed by atoms with Crippen LogP contribution in [0.3, 0.4) is 0 Å². The van der Waals surface area contributed by atoms with Crippen molar-refractivity contribution in [2.45, 2.75) is 25.7 Å². The van der Waals surface area contributed by atoms with Crippen LogP contribution in [0.25, 0.3) is 0 Å². The quantitative estimate of drug-likeness (QED) is 0.695. The molecule has 2 rings (SSSR count). The Morgan fingerprint density at radius 3 is 2.38 bits per heavy atom. The zero-order chi connectivity index (χ0) is 20.9. The lowest BCUT2D eigenvalue weighted by Crippen LogP contribution is -2.38. The molecule has 1 N–H and O–H groups in total. The molecule has 0 saturated heterocycles. The van der Waals surface area contributed by atoms with E-state index in [-0.39, 0.29) is 24.5 Å². The van der Waals surface area contributed by atoms with E-state index in [2.05, 4.69) is 5.32 Å². The number of benzene rings is 2. The zero-order valence-electron chi connectivity index (χ0n) is 16.5. The number of nitrogens with zero attached hydrogens (tertiary/aromatic N) is 1. The molecule has 0 aromatic heterocycles. The molecule has 5 nitrogen and oxygen atoms in total. The molecule has 2 amide bonds. The first kappa shape index (κ1) is 24.4. The summed E-state index contributed by atoms with van der Waals surface area (Å²) >= 11 is 0. The Hall–Kier alpha value is -2.61. The van der Waals surface area contributed by atoms with Crippen molar-refractivity contribution in [1.82, 2.24) is 10.2 Å². The van der Waals surface area contributed by atoms with Crippen LogP contribution in [-0.4, -0.2) is 32.2 Å². The molecule has 0 fully saturated rings. The highest BCUT2D eigenvalue weighted by Gasteiger charge is 2.33. The standard InChI is InChI=1S/C20H23F3N2O3.ClH/c1-13(16-11-15(27-3)9-10-18(16)28-4)24-19(26)25(2)12-14-7-5-6-8-17(14)20(21,22)23;/h5-11,13H,12H2,1-4H3,(H,24,26);1H. The molecule has 0 heterocycles. The van der Waals surface area contributed by atoms with Gasteiger partial charge in [-0.1, -0.05) is 18.2 Å². The lowest BCUT2D eigenvalue weighted by molar-refractivity contribution is -0.138. The molecule has 29 heavy (non-hydrogen) atoms. The fourth-order valence-electron chi connectivity index (χ4n) is 2.81. The van der Waals surface area contributed by atoms with E-state index in [1.807, 2.05) is 0 Å². The van der Waals surface area contributed by atoms with E-state index < -0.39 is 23.8 Å². The number of carbonyl (C=O) groups is 1. The molecule has 2 aromatic carbocycles. The fraction of sp³-hybridized carbons (Fsp3) is 0.350. The molecule has 0 aliphatic rings. The highest BCUT2D eigenvalue weighted by molar-refractivity contribution is 5.85. The van der Waals surface area contributed by atoms with E-state index in [9.17, 15) is 18.0 Å². The first-order valence-electron chi connectivity index (χ1n) is 8.56. The number of methoxy groups -OCH3 is 2. The summed E-state index contributed by atoms with van der Waals surface area (Å²) in [5, 5.41) is 2.77. The van der Waals surface area contributed by atoms with Crippen molar-refractivity contribution in [2.24, 2.45) is 0 Å². The third-order valence-corrected chi connectivity index (χ3v) is 4.32. The number of carbonyl (C=O) groups excluding carboxylic acids is 1. The van der Waals surface area contributed by atoms with Gasteiger partial charge in [-0.2, -0.15) is 13.2 Å². The van der Waals surface area contributed by atoms with Gasteiger partial charge in [0, 0.05) is 19.2 Å². The predicted octanol–water partition coefficient (Wildman–Crippen LogP) is 5.05. The van der Waals surface area contributed by atoms with E-state index in [1.54, 1.807) is 25.1 Å². The summed E-state index contributed by atoms with van der Waals surface area (Å²) in [6, 6.07) is 9.45. The van der Waals surface area contributed by atoms with Gasteiger partial charge in [-0.25, -0.2) is 4.79 Å². The van der Waals surface area contributed by atoms with Crippen LogP contribution in [0.5, 0.6) is 11.5 Å². The van der Waals surface area contributed by atoms with E-state index in [4.69, 9.17) is 9.47 Å². The number of rotatable bonds is 6. The molecule has 0 aliphatic heterocycles. The van der Waals surface area contributed by atoms with Crippen molar-refractivity contribution in [1.29, 1.82) is 0 Å². The Morgan fingerprint density at radius 1 is 1.14 bits per heavy atom. The van der Waals surface area contributed by atoms with Gasteiger partial charge < -0.3 is 19.7 Å². The number of nitrogens with one attached hydrogen (secondary N) is 1. The van der Waals surface area contributed by atoms with Crippen molar-refractivity contribution in [3.63, 3.8) is 0 Å². The van der Waals surface area contributed by atoms with Crippen LogP contribution in [0.15, 0.2) is 42.5 Å². The van der Waals surface area contributed by atoms with Gasteiger partial charge >= 0.3 is 12.2 Å². The number of ether oxygens (including phenoxy) is 2. The molecule has 0 aliphatic carbocycles. The van der Waals surface area contributed by atoms with Gasteiger partial charge in [0.1, 0.15) is 11.5 Å². The van der Waals surface area contributed by atoms with Crippen LogP contribution in [0.4, 0.5) is 18.0 Å². The average molecular weight is 433 g/mol. The van der Waals surface area contributed by atoms with E-state index in [1.165, 1.54) is 44.4 Å². The molecule has 0 radical (unpaired) electrons. The molecule has 1 unspecified atom stereocenters. The Kier molecular flexibility index (Phi) is 8.63. The molecular weight excluding hydrogens is 409 g/mol. The summed E-state index contributed by atoms with van der Waals surface area (Å²) in [7, 11) is 4.48. The molecule has 160 valence electrons. The summed E-state index contributed by atoms with van der Waals surface area (Å²) in [5.41, 5.74) is -0.0317. The van der Waals surface area contributed by atoms with Gasteiger partial charge in [-0.15, -0.1) is 12.4 Å². The van der Waals surface area contributed by atoms with Crippen LogP contribution in [-0.2, 0) is 12.7 Å². The van der Waals surface area contributed by atoms with Gasteiger partial charge in [-0.05, 0) is 36.8 Å². The Morgan fingerprint density at radius 2 is 1.79 bits per heavy atom. The molecule has 0 spiro atoms. The third kappa shape index (κ3) is 6.19. The molecule has 0 bridgehead atoms. The summed E-state index contributed by atoms with van der Waals surface area (Å²) in [6.45, 7) is 1.58. The predicted molar refractivity (Wildman–Crippen MR) is 107 cm³/mol. The summed E-state index contributed by atoms with van der Waals surface area (Å²) < 4.78 is 49.9. The minimum absolute atomic E-state index is 0. The summed E-state index contributed by atoms with van der Waals surface area (Å²) in [6.07, 6.45) is -4.48. The smallest absolute Gasteiger partial charge is 0.416 e. The lowest BCUT2D eigenvalue weighted by atomic mass is 10.1. The largest absolute Gasteiger partial charge is 0.497 e. The number of urea groups is 1. The number of alkyl halides is 3. The highest BCUT2D eigenvalue weighted by atomic mass is 35.5. The van der Waals surface area contributed by atoms with Gasteiger partial charge in [0.2, 0.25) is 0 Å². The topological polar surface area (TPSA) is 50.8 Å². The Bertz CT molecular complexity index is 831. The molecule has 2 aromatic rings. The highest BCUT2D eigenvalue weighted by Crippen LogP contribution is 2.32. The van der Waals surface area contributed by atoms with Gasteiger partial charge in [0.05, 0.1) is 25.8 Å². The van der Waals surface area contributed by atoms with Crippen LogP contribution in [0.1, 0.15) is 29.7 Å². The minimum atomic E-state index is -4.48. The maximum Gasteiger partial charge on any atom is 0.416 e. The lowest BCUT2D eigenvalue weighted by Gasteiger charge is -2.24. The second-order valence-electron chi connectivity index (χ2n) is 6.29. The van der Waals surface area contributed by atoms with E-state index in [0.29, 0.717) is 17.1 Å². The van der Waals surface area contributed by atoms with Crippen molar-refractivity contribution in [3.05, 3.63) is 59.2 Å². The second kappa shape index (κ2) is 10.2. The van der Waals surface area contributed by atoms with E-state index in [0.717, 1.165) is 6.07 Å². The maximum atomic E-state index is 13.1. The van der Waals surface area contributed by atoms with Crippen molar-refractivity contribution in [3.8, 4) is 11.5 Å². The van der Waals surface area contributed by atoms with Crippen LogP contribution in [0.2, 0.25) is 0 Å². The van der Waals surface area contributed by atoms with Crippen molar-refractivity contribution >= 4 is 18.4 Å². The summed E-state index contributed by atoms with van der Waals surface area (Å²) in [5.74, 6) is 1.17. The van der Waals surface area contributed by atoms with Gasteiger partial charge in [0.25, 0.3) is 0 Å². The Balaban J connectivity index is 0.00000420. The maximum absolute atomic E-state index is 13.1. The SMILES string of the molecule is COc1ccc(OC)c(C(C)NC(=O)N(C)Cc2ccccc2C(F)(F)F)c1.Cl. The van der Waals surface area contributed by atoms with Crippen LogP contribution in [0, 0.1) is 0 Å². The van der Waals surface area contributed by atoms with Gasteiger partial charge in [0.15, 0.2) is 0 Å². The van der Waals surface area contributed by atoms with Crippen molar-refractivity contribution < 1.29 is 27.4 Å². The Labute approximate surface area is 174 Å².